The Morgan fingerprint density at radius 2 is 2.13 bits per heavy atom. The van der Waals surface area contributed by atoms with Crippen molar-refractivity contribution in [2.45, 2.75) is 38.4 Å². The van der Waals surface area contributed by atoms with Gasteiger partial charge in [0, 0.05) is 45.5 Å². The van der Waals surface area contributed by atoms with Gasteiger partial charge in [0.1, 0.15) is 0 Å². The van der Waals surface area contributed by atoms with Crippen molar-refractivity contribution in [1.82, 2.24) is 20.0 Å². The first-order chi connectivity index (χ1) is 10.8. The maximum atomic E-state index is 13.0. The van der Waals surface area contributed by atoms with Crippen molar-refractivity contribution < 1.29 is 13.2 Å². The maximum Gasteiger partial charge on any atom is 0.435 e. The minimum atomic E-state index is -4.44. The number of likely N-dealkylation sites (tertiary alicyclic amines) is 1. The number of aromatic nitrogens is 2. The second-order valence-electron chi connectivity index (χ2n) is 6.60. The van der Waals surface area contributed by atoms with Gasteiger partial charge in [0.05, 0.1) is 0 Å². The molecule has 0 amide bonds. The van der Waals surface area contributed by atoms with Crippen molar-refractivity contribution in [3.05, 3.63) is 17.5 Å². The zero-order valence-electron chi connectivity index (χ0n) is 13.4. The van der Waals surface area contributed by atoms with Gasteiger partial charge in [-0.15, -0.1) is 0 Å². The van der Waals surface area contributed by atoms with Crippen LogP contribution in [0.2, 0.25) is 0 Å². The lowest BCUT2D eigenvalue weighted by Gasteiger charge is -2.38. The summed E-state index contributed by atoms with van der Waals surface area (Å²) in [6.07, 6.45) is 1.90. The van der Waals surface area contributed by atoms with Crippen LogP contribution in [0.15, 0.2) is 11.2 Å². The number of guanidine groups is 1. The number of aliphatic imine (C=N–C) groups is 1. The van der Waals surface area contributed by atoms with E-state index in [0.717, 1.165) is 19.5 Å². The van der Waals surface area contributed by atoms with Gasteiger partial charge in [-0.25, -0.2) is 0 Å². The molecular weight excluding hydrogens is 307 g/mol. The van der Waals surface area contributed by atoms with Crippen LogP contribution < -0.4 is 5.32 Å². The molecule has 23 heavy (non-hydrogen) atoms. The van der Waals surface area contributed by atoms with E-state index < -0.39 is 11.9 Å². The molecule has 0 bridgehead atoms. The third kappa shape index (κ3) is 3.16. The van der Waals surface area contributed by atoms with Gasteiger partial charge in [-0.05, 0) is 24.7 Å². The van der Waals surface area contributed by atoms with E-state index in [2.05, 4.69) is 20.3 Å². The fourth-order valence-electron chi connectivity index (χ4n) is 3.61. The van der Waals surface area contributed by atoms with Gasteiger partial charge in [0.15, 0.2) is 11.7 Å². The molecule has 1 aromatic heterocycles. The molecule has 1 aliphatic heterocycles. The molecule has 1 spiro atoms. The van der Waals surface area contributed by atoms with Crippen LogP contribution >= 0.6 is 0 Å². The average molecular weight is 329 g/mol. The summed E-state index contributed by atoms with van der Waals surface area (Å²) in [4.78, 5) is 6.39. The predicted octanol–water partition coefficient (Wildman–Crippen LogP) is 2.39. The van der Waals surface area contributed by atoms with Crippen LogP contribution in [0.5, 0.6) is 0 Å². The first-order valence-corrected chi connectivity index (χ1v) is 7.88. The summed E-state index contributed by atoms with van der Waals surface area (Å²) in [7, 11) is 3.16. The fraction of sp³-hybridized carbons (Fsp3) is 0.733. The number of aryl methyl sites for hydroxylation is 1. The van der Waals surface area contributed by atoms with Crippen molar-refractivity contribution in [2.24, 2.45) is 17.5 Å². The Hall–Kier alpha value is -1.73. The lowest BCUT2D eigenvalue weighted by atomic mass is 9.68. The maximum absolute atomic E-state index is 13.0. The van der Waals surface area contributed by atoms with Crippen LogP contribution in [-0.4, -0.2) is 40.8 Å². The smallest absolute Gasteiger partial charge is 0.352 e. The average Bonchev–Trinajstić information content (AvgIpc) is 3.03. The zero-order valence-corrected chi connectivity index (χ0v) is 13.4. The number of nitrogens with one attached hydrogen (secondary N) is 1. The van der Waals surface area contributed by atoms with Gasteiger partial charge in [-0.2, -0.15) is 18.3 Å². The van der Waals surface area contributed by atoms with Crippen molar-refractivity contribution >= 4 is 5.96 Å². The van der Waals surface area contributed by atoms with Crippen LogP contribution in [0, 0.1) is 5.41 Å². The molecule has 1 aromatic rings. The van der Waals surface area contributed by atoms with E-state index in [9.17, 15) is 13.2 Å². The lowest BCUT2D eigenvalue weighted by molar-refractivity contribution is -0.142. The quantitative estimate of drug-likeness (QED) is 0.669. The van der Waals surface area contributed by atoms with Crippen molar-refractivity contribution in [1.29, 1.82) is 0 Å². The number of halogens is 3. The molecule has 8 heteroatoms. The molecule has 0 atom stereocenters. The Balaban J connectivity index is 1.65. The van der Waals surface area contributed by atoms with Crippen LogP contribution in [0.4, 0.5) is 13.2 Å². The van der Waals surface area contributed by atoms with Crippen LogP contribution in [0.1, 0.15) is 36.9 Å². The van der Waals surface area contributed by atoms with Gasteiger partial charge in [-0.3, -0.25) is 9.67 Å². The Kier molecular flexibility index (Phi) is 4.01. The molecule has 3 rings (SSSR count). The van der Waals surface area contributed by atoms with Crippen molar-refractivity contribution in [2.75, 3.05) is 20.1 Å². The standard InChI is InChI=1S/C15H22F3N5/c1-19-13(23-7-6-14(10-23)4-3-5-14)20-8-11-9-22(2)21-12(11)15(16,17)18/h9H,3-8,10H2,1-2H3,(H,19,20). The minimum Gasteiger partial charge on any atom is -0.352 e. The Bertz CT molecular complexity index is 601. The van der Waals surface area contributed by atoms with E-state index in [4.69, 9.17) is 0 Å². The Labute approximate surface area is 133 Å². The highest BCUT2D eigenvalue weighted by atomic mass is 19.4. The Morgan fingerprint density at radius 1 is 1.39 bits per heavy atom. The minimum absolute atomic E-state index is 0.0683. The summed E-state index contributed by atoms with van der Waals surface area (Å²) in [5, 5.41) is 6.59. The number of alkyl halides is 3. The molecule has 128 valence electrons. The SMILES string of the molecule is CN=C(NCc1cn(C)nc1C(F)(F)F)N1CCC2(CCC2)C1. The molecule has 1 saturated carbocycles. The number of rotatable bonds is 2. The van der Waals surface area contributed by atoms with Gasteiger partial charge in [-0.1, -0.05) is 6.42 Å². The predicted molar refractivity (Wildman–Crippen MR) is 80.9 cm³/mol. The molecule has 1 saturated heterocycles. The second-order valence-corrected chi connectivity index (χ2v) is 6.60. The molecule has 0 radical (unpaired) electrons. The topological polar surface area (TPSA) is 45.5 Å². The highest BCUT2D eigenvalue weighted by Crippen LogP contribution is 2.47. The van der Waals surface area contributed by atoms with E-state index in [0.29, 0.717) is 11.4 Å². The lowest BCUT2D eigenvalue weighted by Crippen LogP contribution is -2.42. The van der Waals surface area contributed by atoms with Gasteiger partial charge < -0.3 is 10.2 Å². The summed E-state index contributed by atoms with van der Waals surface area (Å²) in [5.74, 6) is 0.672. The number of nitrogens with zero attached hydrogens (tertiary/aromatic N) is 4. The van der Waals surface area contributed by atoms with E-state index in [1.807, 2.05) is 0 Å². The zero-order chi connectivity index (χ0) is 16.7. The van der Waals surface area contributed by atoms with Gasteiger partial charge in [0.2, 0.25) is 0 Å². The third-order valence-corrected chi connectivity index (χ3v) is 4.97. The van der Waals surface area contributed by atoms with Gasteiger partial charge in [0.25, 0.3) is 0 Å². The highest BCUT2D eigenvalue weighted by molar-refractivity contribution is 5.80. The van der Waals surface area contributed by atoms with Crippen LogP contribution in [-0.2, 0) is 19.8 Å². The molecule has 1 N–H and O–H groups in total. The first-order valence-electron chi connectivity index (χ1n) is 7.88. The normalized spacial score (nSPS) is 20.9. The molecular formula is C15H22F3N5. The molecule has 0 aromatic carbocycles. The monoisotopic (exact) mass is 329 g/mol. The summed E-state index contributed by atoms with van der Waals surface area (Å²) in [6.45, 7) is 1.93. The van der Waals surface area contributed by atoms with Crippen LogP contribution in [0.25, 0.3) is 0 Å². The largest absolute Gasteiger partial charge is 0.435 e. The van der Waals surface area contributed by atoms with Crippen LogP contribution in [0.3, 0.4) is 0 Å². The molecule has 2 fully saturated rings. The van der Waals surface area contributed by atoms with Crippen molar-refractivity contribution in [3.63, 3.8) is 0 Å². The summed E-state index contributed by atoms with van der Waals surface area (Å²) < 4.78 is 40.1. The third-order valence-electron chi connectivity index (χ3n) is 4.97. The number of hydrogen-bond acceptors (Lipinski definition) is 2. The summed E-state index contributed by atoms with van der Waals surface area (Å²) in [6, 6.07) is 0. The summed E-state index contributed by atoms with van der Waals surface area (Å²) >= 11 is 0. The molecule has 0 unspecified atom stereocenters. The van der Waals surface area contributed by atoms with E-state index >= 15 is 0 Å². The first kappa shape index (κ1) is 16.1. The molecule has 2 heterocycles. The number of hydrogen-bond donors (Lipinski definition) is 1. The molecule has 5 nitrogen and oxygen atoms in total. The second kappa shape index (κ2) is 5.72. The highest BCUT2D eigenvalue weighted by Gasteiger charge is 2.43. The van der Waals surface area contributed by atoms with E-state index in [1.165, 1.54) is 37.2 Å². The molecule has 1 aliphatic carbocycles. The Morgan fingerprint density at radius 3 is 2.65 bits per heavy atom. The molecule has 2 aliphatic rings. The van der Waals surface area contributed by atoms with E-state index in [-0.39, 0.29) is 12.1 Å². The fourth-order valence-corrected chi connectivity index (χ4v) is 3.61. The van der Waals surface area contributed by atoms with Gasteiger partial charge >= 0.3 is 6.18 Å². The summed E-state index contributed by atoms with van der Waals surface area (Å²) in [5.41, 5.74) is -0.276. The van der Waals surface area contributed by atoms with Crippen molar-refractivity contribution in [3.8, 4) is 0 Å². The van der Waals surface area contributed by atoms with E-state index in [1.54, 1.807) is 7.05 Å².